The third-order valence-electron chi connectivity index (χ3n) is 4.61. The van der Waals surface area contributed by atoms with Crippen LogP contribution < -0.4 is 0 Å². The normalized spacial score (nSPS) is 11.3. The molecule has 0 saturated carbocycles. The van der Waals surface area contributed by atoms with Gasteiger partial charge in [-0.05, 0) is 72.8 Å². The molecule has 0 saturated heterocycles. The van der Waals surface area contributed by atoms with Gasteiger partial charge in [-0.15, -0.1) is 0 Å². The maximum Gasteiger partial charge on any atom is 0.187 e. The molecule has 0 N–H and O–H groups in total. The minimum Gasteiger partial charge on any atom is -0.207 e. The van der Waals surface area contributed by atoms with E-state index in [1.807, 2.05) is 12.1 Å². The lowest BCUT2D eigenvalue weighted by Gasteiger charge is -2.01. The van der Waals surface area contributed by atoms with Gasteiger partial charge in [-0.3, -0.25) is 0 Å². The van der Waals surface area contributed by atoms with Gasteiger partial charge in [-0.1, -0.05) is 36.0 Å². The number of hydrogen-bond acceptors (Lipinski definition) is 1. The van der Waals surface area contributed by atoms with Crippen LogP contribution in [-0.2, 0) is 0 Å². The van der Waals surface area contributed by atoms with Gasteiger partial charge < -0.3 is 0 Å². The van der Waals surface area contributed by atoms with Crippen molar-refractivity contribution in [3.8, 4) is 4.90 Å². The van der Waals surface area contributed by atoms with E-state index < -0.39 is 0 Å². The van der Waals surface area contributed by atoms with Gasteiger partial charge in [0.05, 0.1) is 0 Å². The van der Waals surface area contributed by atoms with Gasteiger partial charge in [-0.2, -0.15) is 0 Å². The molecular weight excluding hydrogens is 371 g/mol. The number of rotatable bonds is 3. The van der Waals surface area contributed by atoms with Crippen molar-refractivity contribution < 1.29 is 4.39 Å². The van der Waals surface area contributed by atoms with Crippen molar-refractivity contribution in [2.75, 3.05) is 0 Å². The highest BCUT2D eigenvalue weighted by Gasteiger charge is 2.22. The zero-order valence-corrected chi connectivity index (χ0v) is 16.1. The van der Waals surface area contributed by atoms with Crippen LogP contribution in [-0.4, -0.2) is 0 Å². The van der Waals surface area contributed by atoms with Gasteiger partial charge in [0.15, 0.2) is 14.3 Å². The van der Waals surface area contributed by atoms with Crippen LogP contribution in [0.25, 0.3) is 25.1 Å². The van der Waals surface area contributed by atoms with E-state index in [1.54, 1.807) is 11.8 Å². The topological polar surface area (TPSA) is 0 Å². The Bertz CT molecular complexity index is 1180. The highest BCUT2D eigenvalue weighted by Crippen LogP contribution is 2.48. The maximum absolute atomic E-state index is 13.1. The summed E-state index contributed by atoms with van der Waals surface area (Å²) in [6.45, 7) is 0. The van der Waals surface area contributed by atoms with E-state index in [1.165, 1.54) is 37.2 Å². The minimum absolute atomic E-state index is 0.0572. The third kappa shape index (κ3) is 3.03. The van der Waals surface area contributed by atoms with E-state index in [9.17, 15) is 4.39 Å². The van der Waals surface area contributed by atoms with E-state index in [2.05, 4.69) is 72.8 Å². The molecule has 0 unspecified atom stereocenters. The second-order valence-corrected chi connectivity index (χ2v) is 9.44. The van der Waals surface area contributed by atoms with Gasteiger partial charge in [0.25, 0.3) is 0 Å². The van der Waals surface area contributed by atoms with Gasteiger partial charge >= 0.3 is 0 Å². The molecule has 0 nitrogen and oxygen atoms in total. The molecule has 0 aliphatic heterocycles. The van der Waals surface area contributed by atoms with Gasteiger partial charge in [0, 0.05) is 31.0 Å². The van der Waals surface area contributed by atoms with Crippen molar-refractivity contribution >= 4 is 42.4 Å². The van der Waals surface area contributed by atoms with Crippen LogP contribution in [0, 0.1) is 5.82 Å². The molecule has 1 heterocycles. The van der Waals surface area contributed by atoms with Crippen LogP contribution in [0.2, 0.25) is 0 Å². The van der Waals surface area contributed by atoms with Gasteiger partial charge in [-0.25, -0.2) is 4.39 Å². The average Bonchev–Trinajstić information content (AvgIpc) is 3.05. The summed E-state index contributed by atoms with van der Waals surface area (Å²) in [7, 11) is -0.0572. The standard InChI is InChI=1S/C24H16FS2/c25-17-9-11-18(12-10-17)26-19-13-15-20(16-14-19)27-23-7-3-1-5-21(23)22-6-2-4-8-24(22)27/h1-16H/q+1. The largest absolute Gasteiger partial charge is 0.207 e. The Hall–Kier alpha value is -2.62. The fraction of sp³-hybridized carbons (Fsp3) is 0. The Morgan fingerprint density at radius 3 is 1.59 bits per heavy atom. The molecular formula is C24H16FS2+. The molecule has 0 amide bonds. The molecule has 0 bridgehead atoms. The van der Waals surface area contributed by atoms with Crippen molar-refractivity contribution in [3.63, 3.8) is 0 Å². The molecule has 3 heteroatoms. The molecule has 0 aliphatic carbocycles. The summed E-state index contributed by atoms with van der Waals surface area (Å²) in [5.74, 6) is -0.200. The lowest BCUT2D eigenvalue weighted by atomic mass is 10.2. The van der Waals surface area contributed by atoms with Crippen molar-refractivity contribution in [1.82, 2.24) is 0 Å². The first-order chi connectivity index (χ1) is 13.3. The Balaban J connectivity index is 1.57. The van der Waals surface area contributed by atoms with Gasteiger partial charge in [0.1, 0.15) is 5.82 Å². The Morgan fingerprint density at radius 2 is 1.04 bits per heavy atom. The highest BCUT2D eigenvalue weighted by molar-refractivity contribution is 7.99. The molecule has 1 aromatic heterocycles. The van der Waals surface area contributed by atoms with Crippen molar-refractivity contribution in [1.29, 1.82) is 0 Å². The molecule has 0 fully saturated rings. The van der Waals surface area contributed by atoms with Crippen LogP contribution in [0.1, 0.15) is 0 Å². The Kier molecular flexibility index (Phi) is 4.19. The first-order valence-corrected chi connectivity index (χ1v) is 10.8. The van der Waals surface area contributed by atoms with E-state index in [4.69, 9.17) is 0 Å². The molecule has 4 aromatic carbocycles. The number of thiophene rings is 1. The quantitative estimate of drug-likeness (QED) is 0.282. The molecule has 0 aliphatic rings. The van der Waals surface area contributed by atoms with Crippen LogP contribution in [0.3, 0.4) is 0 Å². The first-order valence-electron chi connectivity index (χ1n) is 8.76. The predicted molar refractivity (Wildman–Crippen MR) is 116 cm³/mol. The van der Waals surface area contributed by atoms with Crippen LogP contribution in [0.15, 0.2) is 107 Å². The summed E-state index contributed by atoms with van der Waals surface area (Å²) in [5, 5.41) is 2.70. The molecule has 0 atom stereocenters. The first kappa shape index (κ1) is 16.5. The number of halogens is 1. The monoisotopic (exact) mass is 387 g/mol. The van der Waals surface area contributed by atoms with E-state index in [0.29, 0.717) is 0 Å². The molecule has 27 heavy (non-hydrogen) atoms. The van der Waals surface area contributed by atoms with E-state index in [-0.39, 0.29) is 16.3 Å². The highest BCUT2D eigenvalue weighted by atomic mass is 32.2. The average molecular weight is 388 g/mol. The van der Waals surface area contributed by atoms with Crippen molar-refractivity contribution in [2.45, 2.75) is 9.79 Å². The Labute approximate surface area is 164 Å². The Morgan fingerprint density at radius 1 is 0.556 bits per heavy atom. The smallest absolute Gasteiger partial charge is 0.187 e. The maximum atomic E-state index is 13.1. The molecule has 130 valence electrons. The number of hydrogen-bond donors (Lipinski definition) is 0. The van der Waals surface area contributed by atoms with E-state index >= 15 is 0 Å². The van der Waals surface area contributed by atoms with Crippen LogP contribution in [0.5, 0.6) is 0 Å². The van der Waals surface area contributed by atoms with Crippen LogP contribution in [0.4, 0.5) is 4.39 Å². The molecule has 5 rings (SSSR count). The molecule has 5 aromatic rings. The third-order valence-corrected chi connectivity index (χ3v) is 7.96. The van der Waals surface area contributed by atoms with Gasteiger partial charge in [0.2, 0.25) is 0 Å². The predicted octanol–water partition coefficient (Wildman–Crippen LogP) is 8.02. The lowest BCUT2D eigenvalue weighted by Crippen LogP contribution is -1.76. The fourth-order valence-corrected chi connectivity index (χ4v) is 6.58. The lowest BCUT2D eigenvalue weighted by molar-refractivity contribution is 0.626. The zero-order valence-electron chi connectivity index (χ0n) is 14.4. The van der Waals surface area contributed by atoms with Crippen LogP contribution >= 0.6 is 22.2 Å². The second kappa shape index (κ2) is 6.84. The second-order valence-electron chi connectivity index (χ2n) is 6.33. The van der Waals surface area contributed by atoms with Crippen molar-refractivity contribution in [3.05, 3.63) is 103 Å². The number of benzene rings is 4. The SMILES string of the molecule is Fc1ccc(Sc2ccc(-[s+]3c4ccccc4c4ccccc43)cc2)cc1. The van der Waals surface area contributed by atoms with Crippen molar-refractivity contribution in [2.24, 2.45) is 0 Å². The zero-order chi connectivity index (χ0) is 18.2. The summed E-state index contributed by atoms with van der Waals surface area (Å²) in [6.07, 6.45) is 0. The minimum atomic E-state index is -0.200. The van der Waals surface area contributed by atoms with E-state index in [0.717, 1.165) is 9.79 Å². The summed E-state index contributed by atoms with van der Waals surface area (Å²) >= 11 is 1.66. The fourth-order valence-electron chi connectivity index (χ4n) is 3.39. The summed E-state index contributed by atoms with van der Waals surface area (Å²) in [4.78, 5) is 3.54. The summed E-state index contributed by atoms with van der Waals surface area (Å²) in [6, 6.07) is 32.9. The summed E-state index contributed by atoms with van der Waals surface area (Å²) in [5.41, 5.74) is 0. The summed E-state index contributed by atoms with van der Waals surface area (Å²) < 4.78 is 15.9. The number of fused-ring (bicyclic) bond motifs is 3. The molecule has 0 radical (unpaired) electrons. The molecule has 0 spiro atoms.